The summed E-state index contributed by atoms with van der Waals surface area (Å²) in [5.74, 6) is 0.621. The summed E-state index contributed by atoms with van der Waals surface area (Å²) in [6.07, 6.45) is 2.98. The zero-order valence-electron chi connectivity index (χ0n) is 14.0. The first-order valence-corrected chi connectivity index (χ1v) is 8.89. The number of para-hydroxylation sites is 1. The highest BCUT2D eigenvalue weighted by Crippen LogP contribution is 2.33. The van der Waals surface area contributed by atoms with Crippen LogP contribution in [0.2, 0.25) is 10.0 Å². The highest BCUT2D eigenvalue weighted by Gasteiger charge is 2.28. The van der Waals surface area contributed by atoms with Gasteiger partial charge in [-0.2, -0.15) is 0 Å². The molecule has 26 heavy (non-hydrogen) atoms. The minimum atomic E-state index is -0.166. The van der Waals surface area contributed by atoms with Crippen LogP contribution in [0.4, 0.5) is 0 Å². The van der Waals surface area contributed by atoms with Gasteiger partial charge in [0.15, 0.2) is 17.2 Å². The van der Waals surface area contributed by atoms with E-state index in [9.17, 15) is 4.79 Å². The number of nitrogens with two attached hydrogens (primary N) is 1. The molecule has 3 rings (SSSR count). The van der Waals surface area contributed by atoms with Crippen LogP contribution in [0.25, 0.3) is 0 Å². The Kier molecular flexibility index (Phi) is 7.58. The zero-order chi connectivity index (χ0) is 17.8. The summed E-state index contributed by atoms with van der Waals surface area (Å²) in [5.41, 5.74) is 6.03. The van der Waals surface area contributed by atoms with Crippen molar-refractivity contribution >= 4 is 41.5 Å². The fourth-order valence-corrected chi connectivity index (χ4v) is 3.41. The van der Waals surface area contributed by atoms with Crippen molar-refractivity contribution in [2.75, 3.05) is 13.1 Å². The zero-order valence-corrected chi connectivity index (χ0v) is 16.3. The number of likely N-dealkylation sites (tertiary alicyclic amines) is 1. The highest BCUT2D eigenvalue weighted by molar-refractivity contribution is 6.37. The lowest BCUT2D eigenvalue weighted by Crippen LogP contribution is -2.47. The van der Waals surface area contributed by atoms with Gasteiger partial charge in [0.1, 0.15) is 6.61 Å². The molecule has 2 N–H and O–H groups in total. The molecule has 2 heterocycles. The molecule has 2 aromatic rings. The molecule has 0 saturated carbocycles. The van der Waals surface area contributed by atoms with Gasteiger partial charge in [0.05, 0.1) is 10.0 Å². The molecular weight excluding hydrogens is 401 g/mol. The summed E-state index contributed by atoms with van der Waals surface area (Å²) in [4.78, 5) is 14.4. The number of carbonyl (C=O) groups is 1. The van der Waals surface area contributed by atoms with E-state index in [-0.39, 0.29) is 36.7 Å². The molecule has 1 aliphatic rings. The summed E-state index contributed by atoms with van der Waals surface area (Å²) >= 11 is 12.1. The SMILES string of the molecule is Cl.NCC1CCCCN1C(=O)c1cc(COc2c(Cl)cccc2Cl)on1. The predicted molar refractivity (Wildman–Crippen MR) is 102 cm³/mol. The number of benzene rings is 1. The van der Waals surface area contributed by atoms with Crippen LogP contribution >= 0.6 is 35.6 Å². The van der Waals surface area contributed by atoms with Gasteiger partial charge in [0.2, 0.25) is 0 Å². The van der Waals surface area contributed by atoms with Crippen LogP contribution in [0.3, 0.4) is 0 Å². The van der Waals surface area contributed by atoms with Gasteiger partial charge >= 0.3 is 0 Å². The van der Waals surface area contributed by atoms with Crippen molar-refractivity contribution in [1.29, 1.82) is 0 Å². The van der Waals surface area contributed by atoms with Crippen LogP contribution in [0.5, 0.6) is 5.75 Å². The fraction of sp³-hybridized carbons (Fsp3) is 0.412. The van der Waals surface area contributed by atoms with Crippen molar-refractivity contribution in [2.24, 2.45) is 5.73 Å². The Labute approximate surface area is 168 Å². The number of piperidine rings is 1. The summed E-state index contributed by atoms with van der Waals surface area (Å²) in [7, 11) is 0. The van der Waals surface area contributed by atoms with Crippen molar-refractivity contribution in [3.63, 3.8) is 0 Å². The highest BCUT2D eigenvalue weighted by atomic mass is 35.5. The molecule has 142 valence electrons. The van der Waals surface area contributed by atoms with E-state index in [1.165, 1.54) is 0 Å². The second-order valence-corrected chi connectivity index (χ2v) is 6.72. The smallest absolute Gasteiger partial charge is 0.276 e. The molecule has 9 heteroatoms. The minimum absolute atomic E-state index is 0. The van der Waals surface area contributed by atoms with Gasteiger partial charge in [-0.15, -0.1) is 12.4 Å². The standard InChI is InChI=1S/C17H19Cl2N3O3.ClH/c18-13-5-3-6-14(19)16(13)24-10-12-8-15(21-25-12)17(23)22-7-2-1-4-11(22)9-20;/h3,5-6,8,11H,1-2,4,7,9-10,20H2;1H. The van der Waals surface area contributed by atoms with Gasteiger partial charge in [0, 0.05) is 25.2 Å². The molecule has 1 aliphatic heterocycles. The number of hydrogen-bond donors (Lipinski definition) is 1. The maximum absolute atomic E-state index is 12.6. The first-order valence-electron chi connectivity index (χ1n) is 8.13. The van der Waals surface area contributed by atoms with E-state index in [2.05, 4.69) is 5.16 Å². The quantitative estimate of drug-likeness (QED) is 0.792. The van der Waals surface area contributed by atoms with Crippen LogP contribution in [0.15, 0.2) is 28.8 Å². The normalized spacial score (nSPS) is 16.9. The molecule has 0 radical (unpaired) electrons. The van der Waals surface area contributed by atoms with Crippen LogP contribution in [0.1, 0.15) is 35.5 Å². The monoisotopic (exact) mass is 419 g/mol. The number of halogens is 3. The number of hydrogen-bond acceptors (Lipinski definition) is 5. The largest absolute Gasteiger partial charge is 0.482 e. The fourth-order valence-electron chi connectivity index (χ4n) is 2.91. The average Bonchev–Trinajstić information content (AvgIpc) is 3.09. The molecule has 0 bridgehead atoms. The Balaban J connectivity index is 0.00000243. The first-order chi connectivity index (χ1) is 12.1. The maximum Gasteiger partial charge on any atom is 0.276 e. The average molecular weight is 421 g/mol. The van der Waals surface area contributed by atoms with Gasteiger partial charge < -0.3 is 19.9 Å². The predicted octanol–water partition coefficient (Wildman–Crippen LogP) is 3.94. The molecule has 1 saturated heterocycles. The summed E-state index contributed by atoms with van der Waals surface area (Å²) in [6.45, 7) is 1.21. The van der Waals surface area contributed by atoms with E-state index in [4.69, 9.17) is 38.2 Å². The lowest BCUT2D eigenvalue weighted by Gasteiger charge is -2.34. The van der Waals surface area contributed by atoms with Crippen molar-refractivity contribution < 1.29 is 14.1 Å². The molecule has 6 nitrogen and oxygen atoms in total. The van der Waals surface area contributed by atoms with Gasteiger partial charge in [-0.25, -0.2) is 0 Å². The van der Waals surface area contributed by atoms with Gasteiger partial charge in [-0.05, 0) is 31.4 Å². The molecular formula is C17H20Cl3N3O3. The van der Waals surface area contributed by atoms with Crippen molar-refractivity contribution in [1.82, 2.24) is 10.1 Å². The molecule has 1 fully saturated rings. The molecule has 0 spiro atoms. The van der Waals surface area contributed by atoms with Crippen LogP contribution in [-0.4, -0.2) is 35.1 Å². The lowest BCUT2D eigenvalue weighted by atomic mass is 10.0. The Morgan fingerprint density at radius 2 is 2.08 bits per heavy atom. The topological polar surface area (TPSA) is 81.6 Å². The lowest BCUT2D eigenvalue weighted by molar-refractivity contribution is 0.0612. The van der Waals surface area contributed by atoms with E-state index >= 15 is 0 Å². The van der Waals surface area contributed by atoms with Crippen molar-refractivity contribution in [3.05, 3.63) is 45.8 Å². The first kappa shape index (κ1) is 20.8. The van der Waals surface area contributed by atoms with E-state index in [1.807, 2.05) is 0 Å². The number of nitrogens with zero attached hydrogens (tertiary/aromatic N) is 2. The summed E-state index contributed by atoms with van der Waals surface area (Å²) in [5, 5.41) is 4.67. The van der Waals surface area contributed by atoms with Crippen LogP contribution < -0.4 is 10.5 Å². The summed E-state index contributed by atoms with van der Waals surface area (Å²) < 4.78 is 10.8. The molecule has 1 aromatic heterocycles. The van der Waals surface area contributed by atoms with E-state index < -0.39 is 0 Å². The van der Waals surface area contributed by atoms with Gasteiger partial charge in [0.25, 0.3) is 5.91 Å². The minimum Gasteiger partial charge on any atom is -0.482 e. The number of aromatic nitrogens is 1. The third-order valence-corrected chi connectivity index (χ3v) is 4.81. The van der Waals surface area contributed by atoms with Crippen LogP contribution in [0, 0.1) is 0 Å². The second kappa shape index (κ2) is 9.46. The Hall–Kier alpha value is -1.47. The molecule has 0 aliphatic carbocycles. The molecule has 1 atom stereocenters. The van der Waals surface area contributed by atoms with Crippen molar-refractivity contribution in [2.45, 2.75) is 31.9 Å². The molecule has 1 amide bonds. The van der Waals surface area contributed by atoms with Gasteiger partial charge in [-0.3, -0.25) is 4.79 Å². The third kappa shape index (κ3) is 4.62. The van der Waals surface area contributed by atoms with E-state index in [0.717, 1.165) is 19.3 Å². The Morgan fingerprint density at radius 3 is 2.77 bits per heavy atom. The number of rotatable bonds is 5. The van der Waals surface area contributed by atoms with E-state index in [0.29, 0.717) is 34.6 Å². The maximum atomic E-state index is 12.6. The number of amides is 1. The second-order valence-electron chi connectivity index (χ2n) is 5.90. The third-order valence-electron chi connectivity index (χ3n) is 4.22. The Morgan fingerprint density at radius 1 is 1.35 bits per heavy atom. The Bertz CT molecular complexity index is 734. The number of ether oxygens (including phenoxy) is 1. The van der Waals surface area contributed by atoms with Gasteiger partial charge in [-0.1, -0.05) is 34.4 Å². The molecule has 1 aromatic carbocycles. The summed E-state index contributed by atoms with van der Waals surface area (Å²) in [6, 6.07) is 6.73. The number of carbonyl (C=O) groups excluding carboxylic acids is 1. The molecule has 1 unspecified atom stereocenters. The van der Waals surface area contributed by atoms with Crippen LogP contribution in [-0.2, 0) is 6.61 Å². The van der Waals surface area contributed by atoms with E-state index in [1.54, 1.807) is 29.2 Å². The van der Waals surface area contributed by atoms with Crippen molar-refractivity contribution in [3.8, 4) is 5.75 Å².